The Morgan fingerprint density at radius 1 is 1.28 bits per heavy atom. The Morgan fingerprint density at radius 2 is 1.97 bits per heavy atom. The molecule has 0 bridgehead atoms. The van der Waals surface area contributed by atoms with E-state index in [0.717, 1.165) is 16.1 Å². The highest BCUT2D eigenvalue weighted by atomic mass is 32.2. The van der Waals surface area contributed by atoms with E-state index in [4.69, 9.17) is 4.74 Å². The van der Waals surface area contributed by atoms with Crippen molar-refractivity contribution in [2.75, 3.05) is 19.9 Å². The van der Waals surface area contributed by atoms with Crippen molar-refractivity contribution in [3.8, 4) is 5.75 Å². The Balaban J connectivity index is 2.03. The number of nitro groups is 1. The number of hydrazone groups is 1. The van der Waals surface area contributed by atoms with Crippen molar-refractivity contribution in [3.63, 3.8) is 0 Å². The number of sulfonamides is 1. The topological polar surface area (TPSA) is 131 Å². The smallest absolute Gasteiger partial charge is 0.311 e. The largest absolute Gasteiger partial charge is 0.490 e. The molecule has 1 N–H and O–H groups in total. The van der Waals surface area contributed by atoms with E-state index in [1.54, 1.807) is 30.3 Å². The fraction of sp³-hybridized carbons (Fsp3) is 0.222. The van der Waals surface area contributed by atoms with Gasteiger partial charge in [-0.3, -0.25) is 14.9 Å². The maximum absolute atomic E-state index is 12.1. The van der Waals surface area contributed by atoms with E-state index in [1.807, 2.05) is 0 Å². The van der Waals surface area contributed by atoms with Crippen LogP contribution in [0.4, 0.5) is 5.69 Å². The molecule has 0 radical (unpaired) electrons. The molecule has 2 aromatic carbocycles. The van der Waals surface area contributed by atoms with Crippen molar-refractivity contribution in [2.45, 2.75) is 6.54 Å². The minimum absolute atomic E-state index is 0.0431. The summed E-state index contributed by atoms with van der Waals surface area (Å²) in [6, 6.07) is 13.0. The number of hydrogen-bond acceptors (Lipinski definition) is 7. The quantitative estimate of drug-likeness (QED) is 0.372. The minimum atomic E-state index is -3.63. The Morgan fingerprint density at radius 3 is 2.55 bits per heavy atom. The van der Waals surface area contributed by atoms with E-state index in [-0.39, 0.29) is 18.0 Å². The zero-order valence-electron chi connectivity index (χ0n) is 15.8. The molecular weight excluding hydrogens is 400 g/mol. The molecule has 0 heterocycles. The lowest BCUT2D eigenvalue weighted by molar-refractivity contribution is -0.385. The average Bonchev–Trinajstić information content (AvgIpc) is 2.67. The van der Waals surface area contributed by atoms with E-state index in [0.29, 0.717) is 5.56 Å². The van der Waals surface area contributed by atoms with Gasteiger partial charge in [-0.15, -0.1) is 0 Å². The van der Waals surface area contributed by atoms with Gasteiger partial charge in [-0.25, -0.2) is 13.8 Å². The Labute approximate surface area is 168 Å². The van der Waals surface area contributed by atoms with Gasteiger partial charge in [0.1, 0.15) is 0 Å². The molecule has 0 aliphatic heterocycles. The molecule has 2 rings (SSSR count). The number of carbonyl (C=O) groups is 1. The lowest BCUT2D eigenvalue weighted by Crippen LogP contribution is -2.38. The van der Waals surface area contributed by atoms with Crippen LogP contribution in [-0.2, 0) is 21.4 Å². The third-order valence-corrected chi connectivity index (χ3v) is 4.99. The van der Waals surface area contributed by atoms with Crippen LogP contribution in [0, 0.1) is 10.1 Å². The van der Waals surface area contributed by atoms with Crippen LogP contribution in [0.3, 0.4) is 0 Å². The number of nitrogens with zero attached hydrogens (tertiary/aromatic N) is 3. The molecule has 0 aliphatic rings. The van der Waals surface area contributed by atoms with Gasteiger partial charge in [-0.05, 0) is 17.7 Å². The van der Waals surface area contributed by atoms with Crippen LogP contribution in [0.2, 0.25) is 0 Å². The molecule has 0 fully saturated rings. The molecule has 10 nitrogen and oxygen atoms in total. The van der Waals surface area contributed by atoms with E-state index < -0.39 is 27.4 Å². The average molecular weight is 420 g/mol. The van der Waals surface area contributed by atoms with Crippen LogP contribution >= 0.6 is 0 Å². The van der Waals surface area contributed by atoms with Gasteiger partial charge in [0, 0.05) is 18.2 Å². The van der Waals surface area contributed by atoms with Crippen molar-refractivity contribution < 1.29 is 22.9 Å². The van der Waals surface area contributed by atoms with Crippen molar-refractivity contribution in [1.29, 1.82) is 0 Å². The second-order valence-corrected chi connectivity index (χ2v) is 7.98. The number of nitro benzene ring substituents is 1. The van der Waals surface area contributed by atoms with Gasteiger partial charge in [-0.1, -0.05) is 30.3 Å². The van der Waals surface area contributed by atoms with Gasteiger partial charge >= 0.3 is 5.69 Å². The number of ether oxygens (including phenoxy) is 1. The Kier molecular flexibility index (Phi) is 7.39. The van der Waals surface area contributed by atoms with E-state index in [9.17, 15) is 23.3 Å². The zero-order chi connectivity index (χ0) is 21.4. The zero-order valence-corrected chi connectivity index (χ0v) is 16.6. The predicted octanol–water partition coefficient (Wildman–Crippen LogP) is 1.52. The van der Waals surface area contributed by atoms with Crippen LogP contribution < -0.4 is 10.2 Å². The number of hydrogen-bond donors (Lipinski definition) is 1. The number of methoxy groups -OCH3 is 1. The van der Waals surface area contributed by atoms with Gasteiger partial charge in [0.2, 0.25) is 10.0 Å². The summed E-state index contributed by atoms with van der Waals surface area (Å²) in [6.07, 6.45) is 2.23. The van der Waals surface area contributed by atoms with E-state index in [2.05, 4.69) is 10.5 Å². The van der Waals surface area contributed by atoms with Crippen LogP contribution in [0.15, 0.2) is 53.6 Å². The molecule has 0 aromatic heterocycles. The first-order valence-electron chi connectivity index (χ1n) is 8.34. The molecule has 0 spiro atoms. The number of rotatable bonds is 9. The molecule has 0 aliphatic carbocycles. The molecule has 0 unspecified atom stereocenters. The van der Waals surface area contributed by atoms with Crippen molar-refractivity contribution >= 4 is 27.8 Å². The van der Waals surface area contributed by atoms with Crippen molar-refractivity contribution in [1.82, 2.24) is 9.73 Å². The molecule has 0 saturated carbocycles. The maximum Gasteiger partial charge on any atom is 0.311 e. The first-order valence-corrected chi connectivity index (χ1v) is 10.2. The molecule has 0 saturated heterocycles. The first-order chi connectivity index (χ1) is 13.7. The lowest BCUT2D eigenvalue weighted by Gasteiger charge is -2.18. The summed E-state index contributed by atoms with van der Waals surface area (Å²) >= 11 is 0. The van der Waals surface area contributed by atoms with Gasteiger partial charge in [0.25, 0.3) is 5.91 Å². The van der Waals surface area contributed by atoms with E-state index in [1.165, 1.54) is 31.5 Å². The molecule has 11 heteroatoms. The fourth-order valence-electron chi connectivity index (χ4n) is 2.38. The van der Waals surface area contributed by atoms with Crippen molar-refractivity contribution in [2.24, 2.45) is 5.10 Å². The van der Waals surface area contributed by atoms with Crippen LogP contribution in [-0.4, -0.2) is 49.7 Å². The highest BCUT2D eigenvalue weighted by Crippen LogP contribution is 2.26. The van der Waals surface area contributed by atoms with Gasteiger partial charge < -0.3 is 4.74 Å². The summed E-state index contributed by atoms with van der Waals surface area (Å²) in [6.45, 7) is -0.380. The summed E-state index contributed by atoms with van der Waals surface area (Å²) in [7, 11) is -2.31. The summed E-state index contributed by atoms with van der Waals surface area (Å²) in [5.74, 6) is -0.550. The van der Waals surface area contributed by atoms with Crippen molar-refractivity contribution in [3.05, 3.63) is 69.8 Å². The Hall–Kier alpha value is -3.31. The predicted molar refractivity (Wildman–Crippen MR) is 107 cm³/mol. The normalized spacial score (nSPS) is 11.6. The third-order valence-electron chi connectivity index (χ3n) is 3.79. The van der Waals surface area contributed by atoms with Gasteiger partial charge in [0.05, 0.1) is 31.0 Å². The van der Waals surface area contributed by atoms with Crippen LogP contribution in [0.1, 0.15) is 11.1 Å². The number of amides is 1. The summed E-state index contributed by atoms with van der Waals surface area (Å²) in [5.41, 5.74) is 3.08. The number of nitrogens with one attached hydrogen (secondary N) is 1. The summed E-state index contributed by atoms with van der Waals surface area (Å²) < 4.78 is 29.8. The first kappa shape index (κ1) is 22.0. The standard InChI is InChI=1S/C18H20N4O6S/c1-28-17-9-8-15(10-16(17)22(24)25)11-19-20-18(23)13-21(29(2,26)27)12-14-6-4-3-5-7-14/h3-11H,12-13H2,1-2H3,(H,20,23). The molecule has 29 heavy (non-hydrogen) atoms. The Bertz CT molecular complexity index is 1010. The lowest BCUT2D eigenvalue weighted by atomic mass is 10.2. The number of benzene rings is 2. The van der Waals surface area contributed by atoms with Crippen LogP contribution in [0.25, 0.3) is 0 Å². The molecule has 2 aromatic rings. The maximum atomic E-state index is 12.1. The fourth-order valence-corrected chi connectivity index (χ4v) is 3.12. The monoisotopic (exact) mass is 420 g/mol. The minimum Gasteiger partial charge on any atom is -0.490 e. The highest BCUT2D eigenvalue weighted by molar-refractivity contribution is 7.88. The highest BCUT2D eigenvalue weighted by Gasteiger charge is 2.20. The van der Waals surface area contributed by atoms with E-state index >= 15 is 0 Å². The summed E-state index contributed by atoms with van der Waals surface area (Å²) in [5, 5.41) is 14.8. The molecule has 0 atom stereocenters. The van der Waals surface area contributed by atoms with Crippen LogP contribution in [0.5, 0.6) is 5.75 Å². The van der Waals surface area contributed by atoms with Gasteiger partial charge in [0.15, 0.2) is 5.75 Å². The van der Waals surface area contributed by atoms with Gasteiger partial charge in [-0.2, -0.15) is 9.41 Å². The molecule has 154 valence electrons. The summed E-state index contributed by atoms with van der Waals surface area (Å²) in [4.78, 5) is 22.5. The number of carbonyl (C=O) groups excluding carboxylic acids is 1. The molecule has 1 amide bonds. The molecular formula is C18H20N4O6S. The third kappa shape index (κ3) is 6.66. The SMILES string of the molecule is COc1ccc(C=NNC(=O)CN(Cc2ccccc2)S(C)(=O)=O)cc1[N+](=O)[O-]. The second kappa shape index (κ2) is 9.75. The second-order valence-electron chi connectivity index (χ2n) is 6.00.